The van der Waals surface area contributed by atoms with Gasteiger partial charge in [-0.05, 0) is 59.4 Å². The summed E-state index contributed by atoms with van der Waals surface area (Å²) in [5.41, 5.74) is 7.37. The average Bonchev–Trinajstić information content (AvgIpc) is 3.38. The Morgan fingerprint density at radius 3 is 2.07 bits per heavy atom. The van der Waals surface area contributed by atoms with Crippen molar-refractivity contribution < 1.29 is 30.0 Å². The van der Waals surface area contributed by atoms with E-state index < -0.39 is 5.97 Å². The molecule has 0 spiro atoms. The number of hydrogen-bond acceptors (Lipinski definition) is 3. The van der Waals surface area contributed by atoms with Gasteiger partial charge in [0, 0.05) is 37.4 Å². The van der Waals surface area contributed by atoms with Gasteiger partial charge in [0.25, 0.3) is 0 Å². The zero-order valence-electron chi connectivity index (χ0n) is 24.9. The van der Waals surface area contributed by atoms with Crippen LogP contribution in [-0.2, 0) is 32.9 Å². The average molecular weight is 747 g/mol. The van der Waals surface area contributed by atoms with E-state index in [2.05, 4.69) is 110 Å². The van der Waals surface area contributed by atoms with Crippen molar-refractivity contribution in [3.05, 3.63) is 126 Å². The fraction of sp³-hybridized carbons (Fsp3) is 0.216. The Kier molecular flexibility index (Phi) is 10.6. The van der Waals surface area contributed by atoms with Gasteiger partial charge in [0.15, 0.2) is 0 Å². The van der Waals surface area contributed by atoms with Crippen molar-refractivity contribution >= 4 is 27.8 Å². The van der Waals surface area contributed by atoms with E-state index in [0.29, 0.717) is 11.8 Å². The van der Waals surface area contributed by atoms with Crippen LogP contribution in [0, 0.1) is 17.9 Å². The number of imidazole rings is 1. The molecule has 0 aliphatic rings. The molecule has 2 heterocycles. The van der Waals surface area contributed by atoms with E-state index in [1.807, 2.05) is 12.1 Å². The first kappa shape index (κ1) is 31.8. The van der Waals surface area contributed by atoms with Gasteiger partial charge in [0.05, 0.1) is 16.9 Å². The summed E-state index contributed by atoms with van der Waals surface area (Å²) in [7, 11) is 0. The number of hydrogen-bond donors (Lipinski definition) is 1. The van der Waals surface area contributed by atoms with Crippen LogP contribution >= 0.6 is 0 Å². The zero-order valence-corrected chi connectivity index (χ0v) is 27.3. The SMILES string of the molecule is CC(C)Cc1cccc(CC(C)C)c1-n1c(-c2[c-]cccc2)nc2ccc3ccccc3c21.O=C(O)c1ccccn1.[Ir]. The summed E-state index contributed by atoms with van der Waals surface area (Å²) in [5, 5.41) is 10.8. The maximum atomic E-state index is 10.1. The third-order valence-electron chi connectivity index (χ3n) is 7.06. The van der Waals surface area contributed by atoms with E-state index in [9.17, 15) is 4.79 Å². The number of aromatic carboxylic acids is 1. The maximum absolute atomic E-state index is 10.1. The number of fused-ring (bicyclic) bond motifs is 3. The number of benzene rings is 4. The first-order valence-corrected chi connectivity index (χ1v) is 14.5. The molecule has 4 aromatic carbocycles. The van der Waals surface area contributed by atoms with E-state index in [4.69, 9.17) is 10.1 Å². The fourth-order valence-electron chi connectivity index (χ4n) is 5.40. The summed E-state index contributed by atoms with van der Waals surface area (Å²) in [4.78, 5) is 18.9. The molecule has 2 aromatic heterocycles. The van der Waals surface area contributed by atoms with Crippen LogP contribution in [-0.4, -0.2) is 25.6 Å². The van der Waals surface area contributed by atoms with Gasteiger partial charge in [-0.3, -0.25) is 4.98 Å². The standard InChI is InChI=1S/C31H31N2.C6H5NO2.Ir/c1-21(2)19-25-14-10-15-26(20-22(3)4)29(25)33-30-27-16-9-8-11-23(27)17-18-28(30)32-31(33)24-12-6-5-7-13-24;8-6(9)5-3-1-2-4-7-5;/h5-12,14-18,21-22H,19-20H2,1-4H3;1-4H,(H,8,9);/q-1;;. The molecule has 43 heavy (non-hydrogen) atoms. The van der Waals surface area contributed by atoms with Crippen LogP contribution in [0.4, 0.5) is 0 Å². The van der Waals surface area contributed by atoms with Gasteiger partial charge in [-0.25, -0.2) is 9.78 Å². The second-order valence-electron chi connectivity index (χ2n) is 11.3. The Labute approximate surface area is 267 Å². The van der Waals surface area contributed by atoms with Crippen molar-refractivity contribution in [1.82, 2.24) is 14.5 Å². The van der Waals surface area contributed by atoms with Gasteiger partial charge >= 0.3 is 5.97 Å². The second-order valence-corrected chi connectivity index (χ2v) is 11.3. The summed E-state index contributed by atoms with van der Waals surface area (Å²) in [6.07, 6.45) is 3.51. The third-order valence-corrected chi connectivity index (χ3v) is 7.06. The van der Waals surface area contributed by atoms with Crippen molar-refractivity contribution in [3.63, 3.8) is 0 Å². The second kappa shape index (κ2) is 14.4. The van der Waals surface area contributed by atoms with Crippen molar-refractivity contribution in [1.29, 1.82) is 0 Å². The largest absolute Gasteiger partial charge is 0.477 e. The Morgan fingerprint density at radius 2 is 1.49 bits per heavy atom. The van der Waals surface area contributed by atoms with Gasteiger partial charge in [-0.15, -0.1) is 35.9 Å². The van der Waals surface area contributed by atoms with Gasteiger partial charge in [0.2, 0.25) is 0 Å². The van der Waals surface area contributed by atoms with Crippen LogP contribution in [0.1, 0.15) is 49.3 Å². The van der Waals surface area contributed by atoms with Crippen molar-refractivity contribution in [2.75, 3.05) is 0 Å². The number of para-hydroxylation sites is 1. The molecule has 0 atom stereocenters. The minimum Gasteiger partial charge on any atom is -0.477 e. The number of carbonyl (C=O) groups is 1. The molecule has 0 saturated heterocycles. The minimum absolute atomic E-state index is 0. The van der Waals surface area contributed by atoms with E-state index in [0.717, 1.165) is 29.7 Å². The zero-order chi connectivity index (χ0) is 29.6. The molecule has 0 aliphatic heterocycles. The van der Waals surface area contributed by atoms with Crippen LogP contribution in [0.3, 0.4) is 0 Å². The van der Waals surface area contributed by atoms with Gasteiger partial charge in [-0.1, -0.05) is 82.3 Å². The molecule has 6 rings (SSSR count). The van der Waals surface area contributed by atoms with Crippen molar-refractivity contribution in [2.45, 2.75) is 40.5 Å². The summed E-state index contributed by atoms with van der Waals surface area (Å²) in [6, 6.07) is 36.2. The molecule has 5 nitrogen and oxygen atoms in total. The fourth-order valence-corrected chi connectivity index (χ4v) is 5.40. The number of carboxylic acid groups (broad SMARTS) is 1. The summed E-state index contributed by atoms with van der Waals surface area (Å²) < 4.78 is 2.43. The monoisotopic (exact) mass is 747 g/mol. The van der Waals surface area contributed by atoms with Crippen LogP contribution in [0.15, 0.2) is 103 Å². The predicted octanol–water partition coefficient (Wildman–Crippen LogP) is 8.82. The summed E-state index contributed by atoms with van der Waals surface area (Å²) in [6.45, 7) is 9.19. The molecule has 0 fully saturated rings. The minimum atomic E-state index is -0.990. The van der Waals surface area contributed by atoms with E-state index in [1.165, 1.54) is 45.4 Å². The quantitative estimate of drug-likeness (QED) is 0.166. The molecular weight excluding hydrogens is 711 g/mol. The molecule has 1 radical (unpaired) electrons. The van der Waals surface area contributed by atoms with Gasteiger partial charge < -0.3 is 9.67 Å². The predicted molar refractivity (Wildman–Crippen MR) is 171 cm³/mol. The van der Waals surface area contributed by atoms with Gasteiger partial charge in [0.1, 0.15) is 5.69 Å². The Hall–Kier alpha value is -4.12. The molecule has 0 amide bonds. The molecule has 6 heteroatoms. The maximum Gasteiger partial charge on any atom is 0.354 e. The first-order valence-electron chi connectivity index (χ1n) is 14.5. The number of carboxylic acids is 1. The van der Waals surface area contributed by atoms with Crippen LogP contribution in [0.2, 0.25) is 0 Å². The Balaban J connectivity index is 0.000000365. The van der Waals surface area contributed by atoms with Gasteiger partial charge in [-0.2, -0.15) is 0 Å². The number of aromatic nitrogens is 3. The third kappa shape index (κ3) is 7.27. The smallest absolute Gasteiger partial charge is 0.354 e. The molecule has 0 aliphatic carbocycles. The number of rotatable bonds is 7. The number of pyridine rings is 1. The normalized spacial score (nSPS) is 10.9. The molecule has 1 N–H and O–H groups in total. The van der Waals surface area contributed by atoms with Crippen LogP contribution < -0.4 is 0 Å². The first-order chi connectivity index (χ1) is 20.3. The van der Waals surface area contributed by atoms with Crippen molar-refractivity contribution in [3.8, 4) is 17.1 Å². The topological polar surface area (TPSA) is 68.0 Å². The molecule has 0 saturated carbocycles. The van der Waals surface area contributed by atoms with E-state index in [1.54, 1.807) is 12.1 Å². The van der Waals surface area contributed by atoms with Crippen LogP contribution in [0.25, 0.3) is 38.9 Å². The molecule has 221 valence electrons. The van der Waals surface area contributed by atoms with E-state index >= 15 is 0 Å². The van der Waals surface area contributed by atoms with E-state index in [-0.39, 0.29) is 25.8 Å². The van der Waals surface area contributed by atoms with Crippen LogP contribution in [0.5, 0.6) is 0 Å². The number of nitrogens with zero attached hydrogens (tertiary/aromatic N) is 3. The summed E-state index contributed by atoms with van der Waals surface area (Å²) in [5.74, 6) is 1.10. The van der Waals surface area contributed by atoms with Crippen molar-refractivity contribution in [2.24, 2.45) is 11.8 Å². The molecular formula is C37H36IrN3O2-. The molecule has 6 aromatic rings. The Bertz CT molecular complexity index is 1780. The molecule has 0 bridgehead atoms. The Morgan fingerprint density at radius 1 is 0.814 bits per heavy atom. The summed E-state index contributed by atoms with van der Waals surface area (Å²) >= 11 is 0. The molecule has 0 unspecified atom stereocenters.